The smallest absolute Gasteiger partial charge is 0.127 e. The molecule has 122 valence electrons. The van der Waals surface area contributed by atoms with Gasteiger partial charge in [0.15, 0.2) is 0 Å². The molecule has 0 aliphatic rings. The summed E-state index contributed by atoms with van der Waals surface area (Å²) >= 11 is 0. The number of ether oxygens (including phenoxy) is 2. The Morgan fingerprint density at radius 3 is 2.25 bits per heavy atom. The Hall–Kier alpha value is -2.98. The molecule has 0 amide bonds. The Morgan fingerprint density at radius 1 is 0.750 bits per heavy atom. The van der Waals surface area contributed by atoms with Gasteiger partial charge in [-0.15, -0.1) is 0 Å². The summed E-state index contributed by atoms with van der Waals surface area (Å²) in [6.45, 7) is 0.689. The van der Waals surface area contributed by atoms with E-state index in [9.17, 15) is 0 Å². The number of rotatable bonds is 7. The van der Waals surface area contributed by atoms with E-state index in [1.54, 1.807) is 7.11 Å². The van der Waals surface area contributed by atoms with Crippen molar-refractivity contribution in [3.05, 3.63) is 84.4 Å². The second-order valence-corrected chi connectivity index (χ2v) is 5.27. The van der Waals surface area contributed by atoms with E-state index in [1.807, 2.05) is 72.8 Å². The molecule has 0 fully saturated rings. The summed E-state index contributed by atoms with van der Waals surface area (Å²) in [6.07, 6.45) is 0. The van der Waals surface area contributed by atoms with Gasteiger partial charge >= 0.3 is 0 Å². The Balaban J connectivity index is 1.57. The first-order valence-electron chi connectivity index (χ1n) is 7.78. The summed E-state index contributed by atoms with van der Waals surface area (Å²) in [5, 5.41) is 0. The number of anilines is 1. The number of hydrogen-bond donors (Lipinski definition) is 2. The molecule has 3 aromatic carbocycles. The minimum absolute atomic E-state index is 0.689. The van der Waals surface area contributed by atoms with Gasteiger partial charge in [0.1, 0.15) is 17.2 Å². The Labute approximate surface area is 142 Å². The van der Waals surface area contributed by atoms with E-state index in [2.05, 4.69) is 16.9 Å². The molecule has 0 aromatic heterocycles. The third-order valence-corrected chi connectivity index (χ3v) is 3.49. The molecule has 0 heterocycles. The average molecular weight is 320 g/mol. The molecule has 0 spiro atoms. The first-order chi connectivity index (χ1) is 11.8. The maximum atomic E-state index is 5.88. The lowest BCUT2D eigenvalue weighted by Gasteiger charge is -2.10. The van der Waals surface area contributed by atoms with Gasteiger partial charge < -0.3 is 14.9 Å². The van der Waals surface area contributed by atoms with Crippen molar-refractivity contribution in [3.8, 4) is 17.2 Å². The zero-order valence-corrected chi connectivity index (χ0v) is 13.5. The number of hydrogen-bond acceptors (Lipinski definition) is 4. The minimum atomic E-state index is 0.689. The lowest BCUT2D eigenvalue weighted by Crippen LogP contribution is -2.20. The third-order valence-electron chi connectivity index (χ3n) is 3.49. The van der Waals surface area contributed by atoms with Gasteiger partial charge in [0.25, 0.3) is 0 Å². The van der Waals surface area contributed by atoms with Crippen LogP contribution >= 0.6 is 0 Å². The summed E-state index contributed by atoms with van der Waals surface area (Å²) in [4.78, 5) is 0. The van der Waals surface area contributed by atoms with Crippen LogP contribution in [0.3, 0.4) is 0 Å². The van der Waals surface area contributed by atoms with Crippen molar-refractivity contribution in [1.82, 2.24) is 5.43 Å². The SMILES string of the molecule is COc1ccc(Oc2cccc(CNNc3ccccc3)c2)cc1. The monoisotopic (exact) mass is 320 g/mol. The highest BCUT2D eigenvalue weighted by molar-refractivity contribution is 5.41. The molecule has 0 saturated carbocycles. The molecule has 24 heavy (non-hydrogen) atoms. The molecule has 4 nitrogen and oxygen atoms in total. The van der Waals surface area contributed by atoms with E-state index >= 15 is 0 Å². The maximum Gasteiger partial charge on any atom is 0.127 e. The fraction of sp³-hybridized carbons (Fsp3) is 0.100. The third kappa shape index (κ3) is 4.51. The van der Waals surface area contributed by atoms with Crippen LogP contribution in [0.4, 0.5) is 5.69 Å². The molecule has 0 saturated heterocycles. The average Bonchev–Trinajstić information content (AvgIpc) is 2.64. The second kappa shape index (κ2) is 8.04. The summed E-state index contributed by atoms with van der Waals surface area (Å²) in [7, 11) is 1.65. The highest BCUT2D eigenvalue weighted by Gasteiger charge is 2.00. The van der Waals surface area contributed by atoms with Gasteiger partial charge in [0.2, 0.25) is 0 Å². The summed E-state index contributed by atoms with van der Waals surface area (Å²) in [6, 6.07) is 25.5. The molecular formula is C20H20N2O2. The van der Waals surface area contributed by atoms with Crippen LogP contribution in [0.15, 0.2) is 78.9 Å². The fourth-order valence-electron chi connectivity index (χ4n) is 2.27. The van der Waals surface area contributed by atoms with Gasteiger partial charge in [-0.05, 0) is 54.1 Å². The van der Waals surface area contributed by atoms with Crippen molar-refractivity contribution < 1.29 is 9.47 Å². The van der Waals surface area contributed by atoms with Gasteiger partial charge in [-0.1, -0.05) is 30.3 Å². The second-order valence-electron chi connectivity index (χ2n) is 5.27. The van der Waals surface area contributed by atoms with Crippen molar-refractivity contribution in [2.75, 3.05) is 12.5 Å². The van der Waals surface area contributed by atoms with Gasteiger partial charge in [0, 0.05) is 12.2 Å². The van der Waals surface area contributed by atoms with E-state index in [0.29, 0.717) is 6.54 Å². The van der Waals surface area contributed by atoms with Crippen molar-refractivity contribution >= 4 is 5.69 Å². The number of methoxy groups -OCH3 is 1. The summed E-state index contributed by atoms with van der Waals surface area (Å²) in [5.41, 5.74) is 8.53. The van der Waals surface area contributed by atoms with Crippen LogP contribution in [-0.2, 0) is 6.54 Å². The molecule has 3 aromatic rings. The predicted molar refractivity (Wildman–Crippen MR) is 96.4 cm³/mol. The standard InChI is InChI=1S/C20H20N2O2/c1-23-18-10-12-19(13-11-18)24-20-9-5-6-16(14-20)15-21-22-17-7-3-2-4-8-17/h2-14,21-22H,15H2,1H3. The highest BCUT2D eigenvalue weighted by atomic mass is 16.5. The molecule has 0 radical (unpaired) electrons. The maximum absolute atomic E-state index is 5.88. The zero-order chi connectivity index (χ0) is 16.6. The fourth-order valence-corrected chi connectivity index (χ4v) is 2.27. The van der Waals surface area contributed by atoms with E-state index in [-0.39, 0.29) is 0 Å². The molecule has 2 N–H and O–H groups in total. The van der Waals surface area contributed by atoms with Crippen molar-refractivity contribution in [3.63, 3.8) is 0 Å². The van der Waals surface area contributed by atoms with E-state index in [0.717, 1.165) is 28.5 Å². The first kappa shape index (κ1) is 15.9. The predicted octanol–water partition coefficient (Wildman–Crippen LogP) is 4.60. The zero-order valence-electron chi connectivity index (χ0n) is 13.5. The molecule has 0 unspecified atom stereocenters. The Morgan fingerprint density at radius 2 is 1.50 bits per heavy atom. The summed E-state index contributed by atoms with van der Waals surface area (Å²) in [5.74, 6) is 2.40. The van der Waals surface area contributed by atoms with Crippen molar-refractivity contribution in [1.29, 1.82) is 0 Å². The number of nitrogens with one attached hydrogen (secondary N) is 2. The highest BCUT2D eigenvalue weighted by Crippen LogP contribution is 2.24. The minimum Gasteiger partial charge on any atom is -0.497 e. The molecule has 0 atom stereocenters. The molecule has 0 aliphatic carbocycles. The van der Waals surface area contributed by atoms with Crippen LogP contribution in [0.5, 0.6) is 17.2 Å². The lowest BCUT2D eigenvalue weighted by molar-refractivity contribution is 0.413. The van der Waals surface area contributed by atoms with Crippen LogP contribution in [0.1, 0.15) is 5.56 Å². The topological polar surface area (TPSA) is 42.5 Å². The number of hydrazine groups is 1. The Bertz CT molecular complexity index is 758. The van der Waals surface area contributed by atoms with Crippen LogP contribution < -0.4 is 20.3 Å². The van der Waals surface area contributed by atoms with Crippen LogP contribution in [0.25, 0.3) is 0 Å². The van der Waals surface area contributed by atoms with E-state index in [1.165, 1.54) is 0 Å². The van der Waals surface area contributed by atoms with E-state index in [4.69, 9.17) is 9.47 Å². The molecule has 3 rings (SSSR count). The van der Waals surface area contributed by atoms with Gasteiger partial charge in [-0.3, -0.25) is 0 Å². The summed E-state index contributed by atoms with van der Waals surface area (Å²) < 4.78 is 11.0. The van der Waals surface area contributed by atoms with Gasteiger partial charge in [0.05, 0.1) is 7.11 Å². The Kier molecular flexibility index (Phi) is 5.32. The van der Waals surface area contributed by atoms with Crippen LogP contribution in [-0.4, -0.2) is 7.11 Å². The number of para-hydroxylation sites is 1. The number of benzene rings is 3. The molecular weight excluding hydrogens is 300 g/mol. The first-order valence-corrected chi connectivity index (χ1v) is 7.78. The van der Waals surface area contributed by atoms with Crippen LogP contribution in [0, 0.1) is 0 Å². The van der Waals surface area contributed by atoms with E-state index < -0.39 is 0 Å². The van der Waals surface area contributed by atoms with Crippen molar-refractivity contribution in [2.45, 2.75) is 6.54 Å². The van der Waals surface area contributed by atoms with Crippen LogP contribution in [0.2, 0.25) is 0 Å². The van der Waals surface area contributed by atoms with Crippen molar-refractivity contribution in [2.24, 2.45) is 0 Å². The largest absolute Gasteiger partial charge is 0.497 e. The normalized spacial score (nSPS) is 10.2. The van der Waals surface area contributed by atoms with Gasteiger partial charge in [-0.2, -0.15) is 0 Å². The quantitative estimate of drug-likeness (QED) is 0.624. The van der Waals surface area contributed by atoms with Gasteiger partial charge in [-0.25, -0.2) is 5.43 Å². The molecule has 0 aliphatic heterocycles. The lowest BCUT2D eigenvalue weighted by atomic mass is 10.2. The molecule has 0 bridgehead atoms. The molecule has 4 heteroatoms.